The molecule has 1 aliphatic carbocycles. The van der Waals surface area contributed by atoms with Gasteiger partial charge in [-0.1, -0.05) is 31.1 Å². The monoisotopic (exact) mass is 513 g/mol. The normalized spacial score (nSPS) is 13.9. The first-order chi connectivity index (χ1) is 13.5. The van der Waals surface area contributed by atoms with Gasteiger partial charge in [-0.15, -0.1) is 24.0 Å². The molecule has 0 radical (unpaired) electrons. The highest BCUT2D eigenvalue weighted by atomic mass is 127. The molecule has 1 fully saturated rings. The fourth-order valence-electron chi connectivity index (χ4n) is 2.73. The van der Waals surface area contributed by atoms with Gasteiger partial charge in [0.2, 0.25) is 5.89 Å². The molecule has 1 aliphatic rings. The largest absolute Gasteiger partial charge is 0.493 e. The molecule has 0 aliphatic heterocycles. The molecule has 1 saturated carbocycles. The predicted octanol–water partition coefficient (Wildman–Crippen LogP) is 3.82. The number of rotatable bonds is 9. The van der Waals surface area contributed by atoms with Crippen molar-refractivity contribution in [1.82, 2.24) is 20.8 Å². The number of aromatic nitrogens is 2. The maximum atomic E-state index is 6.04. The highest BCUT2D eigenvalue weighted by molar-refractivity contribution is 14.0. The first-order valence-corrected chi connectivity index (χ1v) is 10.0. The summed E-state index contributed by atoms with van der Waals surface area (Å²) in [5.74, 6) is 4.08. The summed E-state index contributed by atoms with van der Waals surface area (Å²) in [6.45, 7) is 8.31. The van der Waals surface area contributed by atoms with Crippen LogP contribution in [0.25, 0.3) is 0 Å². The van der Waals surface area contributed by atoms with Crippen LogP contribution in [0.3, 0.4) is 0 Å². The molecular weight excluding hydrogens is 481 g/mol. The number of hydrogen-bond acceptors (Lipinski definition) is 5. The van der Waals surface area contributed by atoms with Crippen LogP contribution in [0.2, 0.25) is 0 Å². The zero-order valence-corrected chi connectivity index (χ0v) is 20.0. The molecule has 0 atom stereocenters. The Morgan fingerprint density at radius 1 is 1.31 bits per heavy atom. The van der Waals surface area contributed by atoms with Gasteiger partial charge in [0.25, 0.3) is 0 Å². The van der Waals surface area contributed by atoms with Crippen molar-refractivity contribution in [2.75, 3.05) is 20.2 Å². The van der Waals surface area contributed by atoms with E-state index in [1.807, 2.05) is 13.8 Å². The highest BCUT2D eigenvalue weighted by Crippen LogP contribution is 2.30. The summed E-state index contributed by atoms with van der Waals surface area (Å²) in [5.41, 5.74) is 2.34. The predicted molar refractivity (Wildman–Crippen MR) is 125 cm³/mol. The van der Waals surface area contributed by atoms with Crippen molar-refractivity contribution < 1.29 is 9.26 Å². The average Bonchev–Trinajstić information content (AvgIpc) is 3.39. The van der Waals surface area contributed by atoms with Crippen LogP contribution in [0, 0.1) is 12.8 Å². The summed E-state index contributed by atoms with van der Waals surface area (Å²) < 4.78 is 11.3. The minimum atomic E-state index is 0. The number of aliphatic imine (C=N–C) groups is 1. The molecule has 0 unspecified atom stereocenters. The Balaban J connectivity index is 0.00000300. The molecule has 1 aromatic heterocycles. The van der Waals surface area contributed by atoms with Crippen molar-refractivity contribution in [2.24, 2.45) is 10.9 Å². The van der Waals surface area contributed by atoms with Gasteiger partial charge in [0.15, 0.2) is 11.8 Å². The van der Waals surface area contributed by atoms with E-state index < -0.39 is 0 Å². The summed E-state index contributed by atoms with van der Waals surface area (Å²) in [7, 11) is 1.76. The van der Waals surface area contributed by atoms with Gasteiger partial charge in [-0.3, -0.25) is 4.99 Å². The lowest BCUT2D eigenvalue weighted by Crippen LogP contribution is -2.38. The van der Waals surface area contributed by atoms with E-state index in [0.717, 1.165) is 35.6 Å². The number of nitrogens with one attached hydrogen (secondary N) is 2. The molecule has 1 aromatic carbocycles. The Morgan fingerprint density at radius 2 is 2.10 bits per heavy atom. The van der Waals surface area contributed by atoms with Gasteiger partial charge in [-0.2, -0.15) is 4.98 Å². The topological polar surface area (TPSA) is 84.6 Å². The van der Waals surface area contributed by atoms with Gasteiger partial charge in [-0.25, -0.2) is 0 Å². The van der Waals surface area contributed by atoms with Crippen LogP contribution in [0.4, 0.5) is 0 Å². The number of hydrogen-bond donors (Lipinski definition) is 2. The van der Waals surface area contributed by atoms with Crippen LogP contribution in [0.5, 0.6) is 5.75 Å². The van der Waals surface area contributed by atoms with E-state index in [4.69, 9.17) is 9.26 Å². The van der Waals surface area contributed by atoms with Crippen molar-refractivity contribution in [2.45, 2.75) is 52.5 Å². The van der Waals surface area contributed by atoms with Crippen LogP contribution in [0.1, 0.15) is 55.4 Å². The second kappa shape index (κ2) is 11.4. The van der Waals surface area contributed by atoms with Crippen LogP contribution < -0.4 is 15.4 Å². The van der Waals surface area contributed by atoms with E-state index in [-0.39, 0.29) is 29.9 Å². The van der Waals surface area contributed by atoms with Crippen LogP contribution in [-0.2, 0) is 13.0 Å². The van der Waals surface area contributed by atoms with E-state index >= 15 is 0 Å². The van der Waals surface area contributed by atoms with E-state index in [9.17, 15) is 0 Å². The van der Waals surface area contributed by atoms with Gasteiger partial charge in [0.1, 0.15) is 5.75 Å². The van der Waals surface area contributed by atoms with Crippen LogP contribution >= 0.6 is 24.0 Å². The third-order valence-corrected chi connectivity index (χ3v) is 4.70. The number of benzene rings is 1. The molecular formula is C21H32IN5O2. The van der Waals surface area contributed by atoms with Crippen molar-refractivity contribution >= 4 is 29.9 Å². The number of halogens is 1. The molecule has 0 amide bonds. The fourth-order valence-corrected chi connectivity index (χ4v) is 2.73. The Kier molecular flexibility index (Phi) is 9.19. The minimum Gasteiger partial charge on any atom is -0.493 e. The summed E-state index contributed by atoms with van der Waals surface area (Å²) in [6, 6.07) is 6.33. The number of guanidine groups is 1. The van der Waals surface area contributed by atoms with Crippen molar-refractivity contribution in [1.29, 1.82) is 0 Å². The smallest absolute Gasteiger partial charge is 0.228 e. The Labute approximate surface area is 190 Å². The number of aryl methyl sites for hydroxylation is 1. The van der Waals surface area contributed by atoms with Crippen molar-refractivity contribution in [3.63, 3.8) is 0 Å². The Morgan fingerprint density at radius 3 is 2.76 bits per heavy atom. The quantitative estimate of drug-likeness (QED) is 0.302. The standard InChI is InChI=1S/C21H31N5O2.HI/c1-14(2)20-25-19(28-26-20)9-10-23-21(22-4)24-12-17-8-5-15(3)11-18(17)27-13-16-6-7-16;/h5,8,11,14,16H,6-7,9-10,12-13H2,1-4H3,(H2,22,23,24);1H. The number of ether oxygens (including phenoxy) is 1. The molecule has 8 heteroatoms. The molecule has 160 valence electrons. The molecule has 0 spiro atoms. The maximum Gasteiger partial charge on any atom is 0.228 e. The Bertz CT molecular complexity index is 802. The van der Waals surface area contributed by atoms with Crippen molar-refractivity contribution in [3.8, 4) is 5.75 Å². The molecule has 1 heterocycles. The first kappa shape index (κ1) is 23.4. The summed E-state index contributed by atoms with van der Waals surface area (Å²) >= 11 is 0. The molecule has 29 heavy (non-hydrogen) atoms. The minimum absolute atomic E-state index is 0. The molecule has 0 bridgehead atoms. The van der Waals surface area contributed by atoms with Crippen molar-refractivity contribution in [3.05, 3.63) is 41.0 Å². The van der Waals surface area contributed by atoms with Gasteiger partial charge in [-0.05, 0) is 37.3 Å². The molecule has 2 aromatic rings. The molecule has 2 N–H and O–H groups in total. The first-order valence-electron chi connectivity index (χ1n) is 10.0. The molecule has 3 rings (SSSR count). The lowest BCUT2D eigenvalue weighted by Gasteiger charge is -2.15. The van der Waals surface area contributed by atoms with Gasteiger partial charge in [0.05, 0.1) is 6.61 Å². The zero-order valence-electron chi connectivity index (χ0n) is 17.7. The zero-order chi connectivity index (χ0) is 19.9. The van der Waals surface area contributed by atoms with Gasteiger partial charge in [0, 0.05) is 38.0 Å². The van der Waals surface area contributed by atoms with E-state index in [1.54, 1.807) is 7.05 Å². The van der Waals surface area contributed by atoms with Gasteiger partial charge >= 0.3 is 0 Å². The molecule has 7 nitrogen and oxygen atoms in total. The summed E-state index contributed by atoms with van der Waals surface area (Å²) in [5, 5.41) is 10.6. The maximum absolute atomic E-state index is 6.04. The summed E-state index contributed by atoms with van der Waals surface area (Å²) in [4.78, 5) is 8.68. The SMILES string of the molecule is CN=C(NCCc1nc(C(C)C)no1)NCc1ccc(C)cc1OCC1CC1.I. The summed E-state index contributed by atoms with van der Waals surface area (Å²) in [6.07, 6.45) is 3.23. The second-order valence-corrected chi connectivity index (χ2v) is 7.67. The highest BCUT2D eigenvalue weighted by Gasteiger charge is 2.22. The lowest BCUT2D eigenvalue weighted by molar-refractivity contribution is 0.296. The third kappa shape index (κ3) is 7.49. The fraction of sp³-hybridized carbons (Fsp3) is 0.571. The van der Waals surface area contributed by atoms with Crippen LogP contribution in [-0.4, -0.2) is 36.3 Å². The number of nitrogens with zero attached hydrogens (tertiary/aromatic N) is 3. The molecule has 0 saturated heterocycles. The van der Waals surface area contributed by atoms with E-state index in [1.165, 1.54) is 18.4 Å². The van der Waals surface area contributed by atoms with E-state index in [2.05, 4.69) is 50.9 Å². The second-order valence-electron chi connectivity index (χ2n) is 7.67. The van der Waals surface area contributed by atoms with Gasteiger partial charge < -0.3 is 19.9 Å². The van der Waals surface area contributed by atoms with Crippen LogP contribution in [0.15, 0.2) is 27.7 Å². The van der Waals surface area contributed by atoms with E-state index in [0.29, 0.717) is 25.4 Å². The third-order valence-electron chi connectivity index (χ3n) is 4.70. The average molecular weight is 513 g/mol. The Hall–Kier alpha value is -1.84. The lowest BCUT2D eigenvalue weighted by atomic mass is 10.1.